The van der Waals surface area contributed by atoms with Crippen molar-refractivity contribution in [2.75, 3.05) is 0 Å². The Morgan fingerprint density at radius 3 is 2.65 bits per heavy atom. The molecule has 1 aliphatic rings. The molecule has 17 heavy (non-hydrogen) atoms. The van der Waals surface area contributed by atoms with Crippen LogP contribution in [0, 0.1) is 18.3 Å². The highest BCUT2D eigenvalue weighted by atomic mass is 35.5. The quantitative estimate of drug-likeness (QED) is 0.709. The minimum atomic E-state index is -0.438. The second kappa shape index (κ2) is 5.02. The maximum absolute atomic E-state index is 6.06. The molecule has 0 bridgehead atoms. The number of halogens is 1. The number of ether oxygens (including phenoxy) is 1. The van der Waals surface area contributed by atoms with Crippen LogP contribution >= 0.6 is 11.6 Å². The Hall–Kier alpha value is -1.13. The fraction of sp³-hybridized carbons (Fsp3) is 0.467. The smallest absolute Gasteiger partial charge is 0.171 e. The zero-order chi connectivity index (χ0) is 12.3. The third kappa shape index (κ3) is 2.58. The van der Waals surface area contributed by atoms with E-state index in [4.69, 9.17) is 22.8 Å². The number of hydrogen-bond donors (Lipinski definition) is 0. The van der Waals surface area contributed by atoms with Gasteiger partial charge in [-0.2, -0.15) is 0 Å². The molecule has 2 unspecified atom stereocenters. The van der Waals surface area contributed by atoms with E-state index in [9.17, 15) is 0 Å². The zero-order valence-electron chi connectivity index (χ0n) is 10.1. The average molecular weight is 249 g/mol. The summed E-state index contributed by atoms with van der Waals surface area (Å²) in [4.78, 5) is 0. The third-order valence-electron chi connectivity index (χ3n) is 3.59. The molecule has 2 rings (SSSR count). The first-order valence-corrected chi connectivity index (χ1v) is 6.46. The first-order valence-electron chi connectivity index (χ1n) is 6.09. The fourth-order valence-electron chi connectivity index (χ4n) is 2.43. The molecule has 0 aliphatic heterocycles. The van der Waals surface area contributed by atoms with E-state index in [0.29, 0.717) is 10.9 Å². The van der Waals surface area contributed by atoms with Crippen LogP contribution < -0.4 is 4.74 Å². The maximum atomic E-state index is 6.06. The van der Waals surface area contributed by atoms with Gasteiger partial charge in [0.1, 0.15) is 5.75 Å². The molecule has 0 heterocycles. The first kappa shape index (κ1) is 12.3. The van der Waals surface area contributed by atoms with E-state index in [-0.39, 0.29) is 0 Å². The van der Waals surface area contributed by atoms with Gasteiger partial charge in [0, 0.05) is 10.9 Å². The van der Waals surface area contributed by atoms with Gasteiger partial charge in [-0.1, -0.05) is 30.9 Å². The molecule has 2 heteroatoms. The van der Waals surface area contributed by atoms with Gasteiger partial charge in [-0.15, -0.1) is 6.42 Å². The molecular weight excluding hydrogens is 232 g/mol. The second-order valence-corrected chi connectivity index (χ2v) is 5.17. The molecule has 0 saturated heterocycles. The molecule has 2 atom stereocenters. The predicted octanol–water partition coefficient (Wildman–Crippen LogP) is 4.30. The summed E-state index contributed by atoms with van der Waals surface area (Å²) in [5.41, 5.74) is -0.438. The molecule has 0 aromatic heterocycles. The molecule has 0 radical (unpaired) electrons. The lowest BCUT2D eigenvalue weighted by atomic mass is 9.77. The van der Waals surface area contributed by atoms with Crippen LogP contribution in [0.1, 0.15) is 32.6 Å². The van der Waals surface area contributed by atoms with E-state index in [0.717, 1.165) is 25.0 Å². The van der Waals surface area contributed by atoms with Crippen LogP contribution in [0.25, 0.3) is 0 Å². The average Bonchev–Trinajstić information content (AvgIpc) is 2.35. The highest BCUT2D eigenvalue weighted by molar-refractivity contribution is 6.30. The van der Waals surface area contributed by atoms with Crippen molar-refractivity contribution in [1.29, 1.82) is 0 Å². The Balaban J connectivity index is 2.19. The Kier molecular flexibility index (Phi) is 3.64. The van der Waals surface area contributed by atoms with E-state index >= 15 is 0 Å². The SMILES string of the molecule is C#CC1(Oc2ccc(Cl)cc2)CCCCC1C. The van der Waals surface area contributed by atoms with E-state index in [1.807, 2.05) is 24.3 Å². The van der Waals surface area contributed by atoms with Crippen LogP contribution in [-0.4, -0.2) is 5.60 Å². The molecule has 0 N–H and O–H groups in total. The van der Waals surface area contributed by atoms with Gasteiger partial charge >= 0.3 is 0 Å². The third-order valence-corrected chi connectivity index (χ3v) is 3.84. The van der Waals surface area contributed by atoms with Crippen LogP contribution in [0.5, 0.6) is 5.75 Å². The van der Waals surface area contributed by atoms with Gasteiger partial charge in [-0.05, 0) is 43.5 Å². The molecule has 1 saturated carbocycles. The highest BCUT2D eigenvalue weighted by Crippen LogP contribution is 2.37. The minimum Gasteiger partial charge on any atom is -0.474 e. The van der Waals surface area contributed by atoms with Gasteiger partial charge in [-0.3, -0.25) is 0 Å². The summed E-state index contributed by atoms with van der Waals surface area (Å²) in [6.07, 6.45) is 10.2. The van der Waals surface area contributed by atoms with Crippen LogP contribution in [0.15, 0.2) is 24.3 Å². The maximum Gasteiger partial charge on any atom is 0.171 e. The van der Waals surface area contributed by atoms with Crippen LogP contribution in [0.4, 0.5) is 0 Å². The van der Waals surface area contributed by atoms with Gasteiger partial charge in [-0.25, -0.2) is 0 Å². The van der Waals surface area contributed by atoms with E-state index < -0.39 is 5.60 Å². The lowest BCUT2D eigenvalue weighted by molar-refractivity contribution is 0.0371. The Labute approximate surface area is 108 Å². The van der Waals surface area contributed by atoms with Crippen molar-refractivity contribution in [2.24, 2.45) is 5.92 Å². The van der Waals surface area contributed by atoms with Gasteiger partial charge in [0.25, 0.3) is 0 Å². The number of terminal acetylenes is 1. The second-order valence-electron chi connectivity index (χ2n) is 4.74. The summed E-state index contributed by atoms with van der Waals surface area (Å²) in [6.45, 7) is 2.18. The normalized spacial score (nSPS) is 28.4. The summed E-state index contributed by atoms with van der Waals surface area (Å²) in [5, 5.41) is 0.712. The lowest BCUT2D eigenvalue weighted by Gasteiger charge is -2.38. The summed E-state index contributed by atoms with van der Waals surface area (Å²) < 4.78 is 6.06. The largest absolute Gasteiger partial charge is 0.474 e. The first-order chi connectivity index (χ1) is 8.16. The summed E-state index contributed by atoms with van der Waals surface area (Å²) in [5.74, 6) is 4.08. The molecular formula is C15H17ClO. The van der Waals surface area contributed by atoms with Gasteiger partial charge < -0.3 is 4.74 Å². The minimum absolute atomic E-state index is 0.400. The summed E-state index contributed by atoms with van der Waals surface area (Å²) in [6, 6.07) is 7.41. The van der Waals surface area contributed by atoms with Crippen molar-refractivity contribution in [3.05, 3.63) is 29.3 Å². The van der Waals surface area contributed by atoms with Gasteiger partial charge in [0.2, 0.25) is 0 Å². The number of rotatable bonds is 2. The van der Waals surface area contributed by atoms with Crippen LogP contribution in [0.3, 0.4) is 0 Å². The highest BCUT2D eigenvalue weighted by Gasteiger charge is 2.38. The molecule has 1 aromatic carbocycles. The lowest BCUT2D eigenvalue weighted by Crippen LogP contribution is -2.43. The van der Waals surface area contributed by atoms with E-state index in [1.165, 1.54) is 6.42 Å². The standard InChI is InChI=1S/C15H17ClO/c1-3-15(11-5-4-6-12(15)2)17-14-9-7-13(16)8-10-14/h1,7-10,12H,4-6,11H2,2H3. The molecule has 0 spiro atoms. The van der Waals surface area contributed by atoms with E-state index in [1.54, 1.807) is 0 Å². The molecule has 1 aromatic rings. The monoisotopic (exact) mass is 248 g/mol. The zero-order valence-corrected chi connectivity index (χ0v) is 10.8. The van der Waals surface area contributed by atoms with Gasteiger partial charge in [0.15, 0.2) is 5.60 Å². The van der Waals surface area contributed by atoms with E-state index in [2.05, 4.69) is 12.8 Å². The van der Waals surface area contributed by atoms with Crippen LogP contribution in [0.2, 0.25) is 5.02 Å². The number of hydrogen-bond acceptors (Lipinski definition) is 1. The van der Waals surface area contributed by atoms with Crippen LogP contribution in [-0.2, 0) is 0 Å². The van der Waals surface area contributed by atoms with Crippen molar-refractivity contribution in [3.8, 4) is 18.1 Å². The molecule has 1 nitrogen and oxygen atoms in total. The van der Waals surface area contributed by atoms with Crippen molar-refractivity contribution in [3.63, 3.8) is 0 Å². The molecule has 1 fully saturated rings. The Morgan fingerprint density at radius 2 is 2.06 bits per heavy atom. The summed E-state index contributed by atoms with van der Waals surface area (Å²) in [7, 11) is 0. The Morgan fingerprint density at radius 1 is 1.35 bits per heavy atom. The van der Waals surface area contributed by atoms with Crippen molar-refractivity contribution in [1.82, 2.24) is 0 Å². The van der Waals surface area contributed by atoms with Crippen molar-refractivity contribution >= 4 is 11.6 Å². The molecule has 0 amide bonds. The van der Waals surface area contributed by atoms with Gasteiger partial charge in [0.05, 0.1) is 0 Å². The number of benzene rings is 1. The predicted molar refractivity (Wildman–Crippen MR) is 71.3 cm³/mol. The summed E-state index contributed by atoms with van der Waals surface area (Å²) >= 11 is 5.86. The molecule has 90 valence electrons. The molecule has 1 aliphatic carbocycles. The van der Waals surface area contributed by atoms with Crippen molar-refractivity contribution < 1.29 is 4.74 Å². The fourth-order valence-corrected chi connectivity index (χ4v) is 2.55. The Bertz CT molecular complexity index is 418. The van der Waals surface area contributed by atoms with Crippen molar-refractivity contribution in [2.45, 2.75) is 38.2 Å². The topological polar surface area (TPSA) is 9.23 Å².